The first-order chi connectivity index (χ1) is 12.1. The zero-order valence-electron chi connectivity index (χ0n) is 14.4. The zero-order chi connectivity index (χ0) is 17.8. The summed E-state index contributed by atoms with van der Waals surface area (Å²) in [7, 11) is 0. The molecule has 4 heteroatoms. The lowest BCUT2D eigenvalue weighted by Gasteiger charge is -2.27. The van der Waals surface area contributed by atoms with Gasteiger partial charge < -0.3 is 14.7 Å². The molecule has 1 unspecified atom stereocenters. The van der Waals surface area contributed by atoms with E-state index in [-0.39, 0.29) is 11.8 Å². The van der Waals surface area contributed by atoms with Gasteiger partial charge in [0.1, 0.15) is 17.6 Å². The molecule has 1 saturated heterocycles. The molecule has 0 radical (unpaired) electrons. The molecule has 1 heterocycles. The molecule has 4 nitrogen and oxygen atoms in total. The highest BCUT2D eigenvalue weighted by Gasteiger charge is 2.25. The van der Waals surface area contributed by atoms with Crippen LogP contribution in [-0.2, 0) is 0 Å². The van der Waals surface area contributed by atoms with Gasteiger partial charge in [-0.15, -0.1) is 0 Å². The normalized spacial score (nSPS) is 16.5. The molecule has 1 atom stereocenters. The van der Waals surface area contributed by atoms with E-state index in [2.05, 4.69) is 17.5 Å². The number of hydrogen-bond donors (Lipinski definition) is 1. The molecule has 0 bridgehead atoms. The average molecular weight is 334 g/mol. The summed E-state index contributed by atoms with van der Waals surface area (Å²) < 4.78 is 5.96. The molecule has 25 heavy (non-hydrogen) atoms. The van der Waals surface area contributed by atoms with Crippen LogP contribution in [0.25, 0.3) is 0 Å². The van der Waals surface area contributed by atoms with Crippen molar-refractivity contribution in [1.29, 1.82) is 5.26 Å². The molecule has 1 aliphatic rings. The minimum absolute atomic E-state index is 0.225. The molecule has 0 aliphatic carbocycles. The Bertz CT molecular complexity index is 823. The van der Waals surface area contributed by atoms with Gasteiger partial charge in [-0.05, 0) is 49.6 Å². The van der Waals surface area contributed by atoms with Gasteiger partial charge in [-0.3, -0.25) is 0 Å². The van der Waals surface area contributed by atoms with Gasteiger partial charge in [-0.1, -0.05) is 18.7 Å². The Morgan fingerprint density at radius 3 is 2.96 bits per heavy atom. The molecular formula is C21H22N2O2. The van der Waals surface area contributed by atoms with Crippen molar-refractivity contribution in [1.82, 2.24) is 0 Å². The predicted molar refractivity (Wildman–Crippen MR) is 99.2 cm³/mol. The van der Waals surface area contributed by atoms with Crippen molar-refractivity contribution in [3.05, 3.63) is 65.9 Å². The van der Waals surface area contributed by atoms with E-state index in [9.17, 15) is 10.4 Å². The van der Waals surface area contributed by atoms with Crippen molar-refractivity contribution in [2.24, 2.45) is 0 Å². The lowest BCUT2D eigenvalue weighted by Crippen LogP contribution is -2.29. The van der Waals surface area contributed by atoms with Gasteiger partial charge in [-0.2, -0.15) is 5.26 Å². The molecule has 3 rings (SSSR count). The number of nitriles is 1. The molecule has 128 valence electrons. The van der Waals surface area contributed by atoms with Crippen molar-refractivity contribution in [3.63, 3.8) is 0 Å². The standard InChI is InChI=1S/C21H22N2O2/c1-15-8-9-21(17(11-15)14-22)25-20-7-3-5-19(13-20)23-10-4-6-18(23)12-16(2)24/h3,5,7-9,11,13,18,24H,2,4,6,10,12H2,1H3. The summed E-state index contributed by atoms with van der Waals surface area (Å²) in [4.78, 5) is 2.29. The van der Waals surface area contributed by atoms with E-state index < -0.39 is 0 Å². The summed E-state index contributed by atoms with van der Waals surface area (Å²) >= 11 is 0. The molecule has 0 spiro atoms. The van der Waals surface area contributed by atoms with E-state index in [0.717, 1.165) is 30.6 Å². The van der Waals surface area contributed by atoms with Crippen LogP contribution in [0.15, 0.2) is 54.8 Å². The monoisotopic (exact) mass is 334 g/mol. The summed E-state index contributed by atoms with van der Waals surface area (Å²) in [6.07, 6.45) is 2.72. The van der Waals surface area contributed by atoms with E-state index in [1.807, 2.05) is 49.4 Å². The summed E-state index contributed by atoms with van der Waals surface area (Å²) in [5.41, 5.74) is 2.62. The van der Waals surface area contributed by atoms with Gasteiger partial charge in [0.25, 0.3) is 0 Å². The first-order valence-corrected chi connectivity index (χ1v) is 8.49. The Labute approximate surface area is 148 Å². The van der Waals surface area contributed by atoms with Crippen LogP contribution in [-0.4, -0.2) is 17.7 Å². The zero-order valence-corrected chi connectivity index (χ0v) is 14.4. The van der Waals surface area contributed by atoms with Gasteiger partial charge in [-0.25, -0.2) is 0 Å². The Hall–Kier alpha value is -2.93. The fraction of sp³-hybridized carbons (Fsp3) is 0.286. The highest BCUT2D eigenvalue weighted by Crippen LogP contribution is 2.33. The smallest absolute Gasteiger partial charge is 0.145 e. The Balaban J connectivity index is 1.83. The van der Waals surface area contributed by atoms with Crippen LogP contribution in [0.3, 0.4) is 0 Å². The highest BCUT2D eigenvalue weighted by atomic mass is 16.5. The third kappa shape index (κ3) is 3.95. The number of anilines is 1. The number of aryl methyl sites for hydroxylation is 1. The Morgan fingerprint density at radius 2 is 2.20 bits per heavy atom. The molecule has 2 aromatic rings. The second-order valence-electron chi connectivity index (χ2n) is 6.47. The van der Waals surface area contributed by atoms with Crippen molar-refractivity contribution in [2.75, 3.05) is 11.4 Å². The van der Waals surface area contributed by atoms with Gasteiger partial charge in [0, 0.05) is 30.8 Å². The Kier molecular flexibility index (Phi) is 4.95. The van der Waals surface area contributed by atoms with E-state index in [0.29, 0.717) is 23.5 Å². The maximum Gasteiger partial charge on any atom is 0.145 e. The molecule has 0 amide bonds. The van der Waals surface area contributed by atoms with Crippen LogP contribution in [0.1, 0.15) is 30.4 Å². The van der Waals surface area contributed by atoms with Crippen LogP contribution in [0.4, 0.5) is 5.69 Å². The van der Waals surface area contributed by atoms with E-state index in [1.54, 1.807) is 0 Å². The predicted octanol–water partition coefficient (Wildman–Crippen LogP) is 5.09. The number of hydrogen-bond acceptors (Lipinski definition) is 4. The second kappa shape index (κ2) is 7.31. The molecule has 1 aliphatic heterocycles. The quantitative estimate of drug-likeness (QED) is 0.774. The summed E-state index contributed by atoms with van der Waals surface area (Å²) in [5, 5.41) is 18.8. The van der Waals surface area contributed by atoms with Crippen LogP contribution in [0.2, 0.25) is 0 Å². The molecule has 1 fully saturated rings. The number of rotatable bonds is 5. The maximum absolute atomic E-state index is 9.53. The fourth-order valence-electron chi connectivity index (χ4n) is 3.33. The van der Waals surface area contributed by atoms with Crippen molar-refractivity contribution >= 4 is 5.69 Å². The SMILES string of the molecule is C=C(O)CC1CCCN1c1cccc(Oc2ccc(C)cc2C#N)c1. The topological polar surface area (TPSA) is 56.5 Å². The van der Waals surface area contributed by atoms with E-state index in [1.165, 1.54) is 0 Å². The fourth-order valence-corrected chi connectivity index (χ4v) is 3.33. The molecule has 2 aromatic carbocycles. The van der Waals surface area contributed by atoms with E-state index >= 15 is 0 Å². The number of aliphatic hydroxyl groups excluding tert-OH is 1. The second-order valence-corrected chi connectivity index (χ2v) is 6.47. The van der Waals surface area contributed by atoms with Crippen molar-refractivity contribution < 1.29 is 9.84 Å². The first kappa shape index (κ1) is 16.9. The number of aliphatic hydroxyl groups is 1. The Morgan fingerprint density at radius 1 is 1.36 bits per heavy atom. The van der Waals surface area contributed by atoms with Crippen LogP contribution in [0.5, 0.6) is 11.5 Å². The number of nitrogens with zero attached hydrogens (tertiary/aromatic N) is 2. The molecule has 1 N–H and O–H groups in total. The lowest BCUT2D eigenvalue weighted by atomic mass is 10.1. The van der Waals surface area contributed by atoms with Gasteiger partial charge in [0.15, 0.2) is 0 Å². The van der Waals surface area contributed by atoms with Gasteiger partial charge >= 0.3 is 0 Å². The summed E-state index contributed by atoms with van der Waals surface area (Å²) in [6, 6.07) is 15.9. The van der Waals surface area contributed by atoms with Crippen LogP contribution < -0.4 is 9.64 Å². The van der Waals surface area contributed by atoms with Crippen LogP contribution >= 0.6 is 0 Å². The average Bonchev–Trinajstić information content (AvgIpc) is 3.04. The largest absolute Gasteiger partial charge is 0.513 e. The minimum Gasteiger partial charge on any atom is -0.513 e. The minimum atomic E-state index is 0.225. The maximum atomic E-state index is 9.53. The van der Waals surface area contributed by atoms with Crippen LogP contribution in [0, 0.1) is 18.3 Å². The first-order valence-electron chi connectivity index (χ1n) is 8.49. The number of benzene rings is 2. The van der Waals surface area contributed by atoms with Crippen molar-refractivity contribution in [2.45, 2.75) is 32.2 Å². The molecule has 0 saturated carbocycles. The van der Waals surface area contributed by atoms with Gasteiger partial charge in [0.05, 0.1) is 11.3 Å². The lowest BCUT2D eigenvalue weighted by molar-refractivity contribution is 0.376. The number of ether oxygens (including phenoxy) is 1. The summed E-state index contributed by atoms with van der Waals surface area (Å²) in [5.74, 6) is 1.49. The third-order valence-corrected chi connectivity index (χ3v) is 4.48. The molecule has 0 aromatic heterocycles. The summed E-state index contributed by atoms with van der Waals surface area (Å²) in [6.45, 7) is 6.53. The van der Waals surface area contributed by atoms with E-state index in [4.69, 9.17) is 4.74 Å². The molecular weight excluding hydrogens is 312 g/mol. The van der Waals surface area contributed by atoms with Crippen molar-refractivity contribution in [3.8, 4) is 17.6 Å². The highest BCUT2D eigenvalue weighted by molar-refractivity contribution is 5.54. The van der Waals surface area contributed by atoms with Gasteiger partial charge in [0.2, 0.25) is 0 Å². The third-order valence-electron chi connectivity index (χ3n) is 4.48.